The summed E-state index contributed by atoms with van der Waals surface area (Å²) >= 11 is 1.09. The predicted octanol–water partition coefficient (Wildman–Crippen LogP) is 2.27. The van der Waals surface area contributed by atoms with E-state index in [1.54, 1.807) is 6.26 Å². The first kappa shape index (κ1) is 21.1. The maximum atomic E-state index is 13.2. The van der Waals surface area contributed by atoms with Crippen LogP contribution in [0.5, 0.6) is 0 Å². The largest absolute Gasteiger partial charge is 0.416 e. The highest BCUT2D eigenvalue weighted by atomic mass is 32.2. The van der Waals surface area contributed by atoms with Gasteiger partial charge in [-0.3, -0.25) is 4.79 Å². The van der Waals surface area contributed by atoms with Gasteiger partial charge in [-0.05, 0) is 31.4 Å². The molecule has 0 bridgehead atoms. The molecule has 2 aromatic rings. The van der Waals surface area contributed by atoms with Crippen molar-refractivity contribution < 1.29 is 18.0 Å². The van der Waals surface area contributed by atoms with Crippen LogP contribution in [-0.4, -0.2) is 28.2 Å². The van der Waals surface area contributed by atoms with Crippen molar-refractivity contribution in [3.05, 3.63) is 29.3 Å². The van der Waals surface area contributed by atoms with E-state index < -0.39 is 23.7 Å². The molecule has 1 aromatic heterocycles. The Morgan fingerprint density at radius 2 is 1.93 bits per heavy atom. The molecule has 1 amide bonds. The van der Waals surface area contributed by atoms with Gasteiger partial charge in [0.1, 0.15) is 22.7 Å². The van der Waals surface area contributed by atoms with Crippen LogP contribution in [0.25, 0.3) is 0 Å². The molecule has 12 heteroatoms. The minimum atomic E-state index is -4.68. The first-order chi connectivity index (χ1) is 13.0. The monoisotopic (exact) mass is 411 g/mol. The number of hydrogen-bond donors (Lipinski definition) is 3. The van der Waals surface area contributed by atoms with Crippen molar-refractivity contribution in [2.45, 2.75) is 24.2 Å². The Morgan fingerprint density at radius 3 is 2.43 bits per heavy atom. The first-order valence-electron chi connectivity index (χ1n) is 7.67. The number of rotatable bonds is 5. The number of benzene rings is 1. The number of amides is 1. The molecule has 0 spiro atoms. The molecule has 8 nitrogen and oxygen atoms in total. The van der Waals surface area contributed by atoms with Gasteiger partial charge in [0.2, 0.25) is 11.9 Å². The fourth-order valence-corrected chi connectivity index (χ4v) is 2.98. The Morgan fingerprint density at radius 1 is 1.29 bits per heavy atom. The molecule has 28 heavy (non-hydrogen) atoms. The molecule has 0 fully saturated rings. The molecule has 1 heterocycles. The summed E-state index contributed by atoms with van der Waals surface area (Å²) in [4.78, 5) is 20.9. The van der Waals surface area contributed by atoms with Crippen LogP contribution in [0.1, 0.15) is 18.1 Å². The lowest BCUT2D eigenvalue weighted by Gasteiger charge is -2.30. The van der Waals surface area contributed by atoms with E-state index >= 15 is 0 Å². The zero-order valence-corrected chi connectivity index (χ0v) is 15.6. The highest BCUT2D eigenvalue weighted by Crippen LogP contribution is 2.38. The molecular weight excluding hydrogens is 395 g/mol. The van der Waals surface area contributed by atoms with Crippen LogP contribution in [0.3, 0.4) is 0 Å². The number of nitrogens with zero attached hydrogens (tertiary/aromatic N) is 4. The van der Waals surface area contributed by atoms with Crippen molar-refractivity contribution in [3.8, 4) is 6.07 Å². The minimum absolute atomic E-state index is 0.0641. The Labute approximate surface area is 162 Å². The quantitative estimate of drug-likeness (QED) is 0.385. The number of hydrogen-bond acceptors (Lipinski definition) is 8. The number of alkyl halides is 3. The van der Waals surface area contributed by atoms with E-state index in [9.17, 15) is 23.2 Å². The van der Waals surface area contributed by atoms with Crippen molar-refractivity contribution in [2.75, 3.05) is 22.6 Å². The maximum absolute atomic E-state index is 13.2. The van der Waals surface area contributed by atoms with E-state index in [1.807, 2.05) is 6.07 Å². The summed E-state index contributed by atoms with van der Waals surface area (Å²) < 4.78 is 39.7. The second-order valence-corrected chi connectivity index (χ2v) is 6.46. The number of primary amides is 1. The van der Waals surface area contributed by atoms with Crippen LogP contribution >= 0.6 is 11.8 Å². The SMILES string of the molecule is CSc1nc(N)nc(N(c2cc(N)cc(C(F)(F)F)c2)[C@@H](C)C(N)=O)c1C#N. The van der Waals surface area contributed by atoms with Crippen molar-refractivity contribution >= 4 is 40.8 Å². The van der Waals surface area contributed by atoms with Gasteiger partial charge >= 0.3 is 6.18 Å². The Hall–Kier alpha value is -3.20. The number of thioether (sulfide) groups is 1. The third-order valence-corrected chi connectivity index (χ3v) is 4.43. The molecular formula is C16H16F3N7OS. The summed E-state index contributed by atoms with van der Waals surface area (Å²) in [7, 11) is 0. The zero-order valence-electron chi connectivity index (χ0n) is 14.8. The van der Waals surface area contributed by atoms with Crippen LogP contribution in [0.2, 0.25) is 0 Å². The van der Waals surface area contributed by atoms with Gasteiger partial charge in [-0.25, -0.2) is 4.98 Å². The minimum Gasteiger partial charge on any atom is -0.399 e. The number of aromatic nitrogens is 2. The smallest absolute Gasteiger partial charge is 0.399 e. The van der Waals surface area contributed by atoms with E-state index in [1.165, 1.54) is 13.0 Å². The highest BCUT2D eigenvalue weighted by molar-refractivity contribution is 7.98. The maximum Gasteiger partial charge on any atom is 0.416 e. The molecule has 0 aliphatic carbocycles. The fourth-order valence-electron chi connectivity index (χ4n) is 2.46. The molecule has 0 unspecified atom stereocenters. The summed E-state index contributed by atoms with van der Waals surface area (Å²) in [6, 6.07) is 3.48. The van der Waals surface area contributed by atoms with E-state index in [0.29, 0.717) is 0 Å². The number of nitriles is 1. The highest BCUT2D eigenvalue weighted by Gasteiger charge is 2.34. The van der Waals surface area contributed by atoms with Crippen LogP contribution in [0.15, 0.2) is 23.2 Å². The van der Waals surface area contributed by atoms with E-state index in [2.05, 4.69) is 9.97 Å². The van der Waals surface area contributed by atoms with Gasteiger partial charge in [0.15, 0.2) is 5.82 Å². The Balaban J connectivity index is 2.84. The van der Waals surface area contributed by atoms with Crippen molar-refractivity contribution in [2.24, 2.45) is 5.73 Å². The van der Waals surface area contributed by atoms with Crippen molar-refractivity contribution in [3.63, 3.8) is 0 Å². The summed E-state index contributed by atoms with van der Waals surface area (Å²) in [5.74, 6) is -1.23. The molecule has 0 aliphatic rings. The standard InChI is InChI=1S/C16H16F3N7OS/c1-7(12(22)27)26(10-4-8(16(17,18)19)3-9(21)5-10)13-11(6-20)14(28-2)25-15(23)24-13/h3-5,7H,21H2,1-2H3,(H2,22,27)(H2,23,24,25)/t7-/m0/s1. The summed E-state index contributed by atoms with van der Waals surface area (Å²) in [6.45, 7) is 1.36. The zero-order chi connectivity index (χ0) is 21.2. The summed E-state index contributed by atoms with van der Waals surface area (Å²) in [5, 5.41) is 9.74. The van der Waals surface area contributed by atoms with Gasteiger partial charge < -0.3 is 22.1 Å². The first-order valence-corrected chi connectivity index (χ1v) is 8.90. The van der Waals surface area contributed by atoms with E-state index in [-0.39, 0.29) is 33.7 Å². The van der Waals surface area contributed by atoms with E-state index in [0.717, 1.165) is 28.8 Å². The molecule has 1 aromatic carbocycles. The lowest BCUT2D eigenvalue weighted by molar-refractivity contribution is -0.137. The number of anilines is 4. The molecule has 6 N–H and O–H groups in total. The second-order valence-electron chi connectivity index (χ2n) is 5.66. The summed E-state index contributed by atoms with van der Waals surface area (Å²) in [5.41, 5.74) is 15.3. The molecule has 0 radical (unpaired) electrons. The topological polar surface area (TPSA) is 148 Å². The number of halogens is 3. The van der Waals surface area contributed by atoms with Gasteiger partial charge in [-0.2, -0.15) is 23.4 Å². The lowest BCUT2D eigenvalue weighted by Crippen LogP contribution is -2.41. The van der Waals surface area contributed by atoms with Gasteiger partial charge in [0.05, 0.1) is 5.56 Å². The number of nitrogens with two attached hydrogens (primary N) is 3. The van der Waals surface area contributed by atoms with Crippen molar-refractivity contribution in [1.82, 2.24) is 9.97 Å². The molecule has 148 valence electrons. The fraction of sp³-hybridized carbons (Fsp3) is 0.250. The predicted molar refractivity (Wildman–Crippen MR) is 99.6 cm³/mol. The number of nitrogen functional groups attached to an aromatic ring is 2. The number of carbonyl (C=O) groups excluding carboxylic acids is 1. The Kier molecular flexibility index (Phi) is 5.89. The normalized spacial score (nSPS) is 12.3. The van der Waals surface area contributed by atoms with Crippen LogP contribution < -0.4 is 22.1 Å². The molecule has 0 aliphatic heterocycles. The molecule has 2 rings (SSSR count). The average molecular weight is 411 g/mol. The Bertz CT molecular complexity index is 958. The molecule has 0 saturated carbocycles. The lowest BCUT2D eigenvalue weighted by atomic mass is 10.1. The van der Waals surface area contributed by atoms with Crippen LogP contribution in [0, 0.1) is 11.3 Å². The third kappa shape index (κ3) is 4.20. The van der Waals surface area contributed by atoms with Crippen molar-refractivity contribution in [1.29, 1.82) is 5.26 Å². The summed E-state index contributed by atoms with van der Waals surface area (Å²) in [6.07, 6.45) is -3.05. The van der Waals surface area contributed by atoms with E-state index in [4.69, 9.17) is 17.2 Å². The van der Waals surface area contributed by atoms with Crippen LogP contribution in [0.4, 0.5) is 36.3 Å². The second kappa shape index (κ2) is 7.81. The third-order valence-electron chi connectivity index (χ3n) is 3.75. The van der Waals surface area contributed by atoms with Gasteiger partial charge in [-0.15, -0.1) is 11.8 Å². The van der Waals surface area contributed by atoms with Gasteiger partial charge in [-0.1, -0.05) is 0 Å². The van der Waals surface area contributed by atoms with Crippen LogP contribution in [-0.2, 0) is 11.0 Å². The molecule has 0 saturated heterocycles. The van der Waals surface area contributed by atoms with Gasteiger partial charge in [0.25, 0.3) is 0 Å². The average Bonchev–Trinajstić information content (AvgIpc) is 2.60. The van der Waals surface area contributed by atoms with Gasteiger partial charge in [0, 0.05) is 11.4 Å². The molecule has 1 atom stereocenters. The number of carbonyl (C=O) groups is 1.